The van der Waals surface area contributed by atoms with Crippen LogP contribution in [-0.4, -0.2) is 21.9 Å². The van der Waals surface area contributed by atoms with Crippen LogP contribution >= 0.6 is 11.6 Å². The largest absolute Gasteiger partial charge is 0.410 e. The zero-order chi connectivity index (χ0) is 15.7. The fraction of sp³-hybridized carbons (Fsp3) is 0.133. The Kier molecular flexibility index (Phi) is 3.68. The standard InChI is InChI=1S/C15H12ClN3O3/c16-13-6-11(22-15(17)21)5-12(18-13)14(20)19-7-9-3-1-2-4-10(9)8-19/h1-6H,7-8H2,(H2,17,21). The molecule has 6 nitrogen and oxygen atoms in total. The van der Waals surface area contributed by atoms with Crippen molar-refractivity contribution in [3.8, 4) is 5.75 Å². The van der Waals surface area contributed by atoms with E-state index in [0.29, 0.717) is 13.1 Å². The lowest BCUT2D eigenvalue weighted by atomic mass is 10.1. The van der Waals surface area contributed by atoms with E-state index in [1.807, 2.05) is 24.3 Å². The number of hydrogen-bond donors (Lipinski definition) is 1. The van der Waals surface area contributed by atoms with Crippen LogP contribution in [0.1, 0.15) is 21.6 Å². The van der Waals surface area contributed by atoms with Gasteiger partial charge in [-0.1, -0.05) is 35.9 Å². The number of hydrogen-bond acceptors (Lipinski definition) is 4. The molecule has 0 aliphatic carbocycles. The Balaban J connectivity index is 1.84. The van der Waals surface area contributed by atoms with Gasteiger partial charge in [-0.15, -0.1) is 0 Å². The van der Waals surface area contributed by atoms with E-state index < -0.39 is 6.09 Å². The molecule has 0 radical (unpaired) electrons. The molecule has 0 spiro atoms. The third-order valence-corrected chi connectivity index (χ3v) is 3.53. The number of carbonyl (C=O) groups excluding carboxylic acids is 2. The van der Waals surface area contributed by atoms with Gasteiger partial charge in [0.2, 0.25) is 0 Å². The first kappa shape index (κ1) is 14.3. The average molecular weight is 318 g/mol. The minimum atomic E-state index is -0.978. The van der Waals surface area contributed by atoms with Gasteiger partial charge in [-0.2, -0.15) is 0 Å². The molecule has 0 atom stereocenters. The maximum absolute atomic E-state index is 12.5. The van der Waals surface area contributed by atoms with Crippen molar-refractivity contribution < 1.29 is 14.3 Å². The fourth-order valence-electron chi connectivity index (χ4n) is 2.40. The summed E-state index contributed by atoms with van der Waals surface area (Å²) >= 11 is 5.86. The van der Waals surface area contributed by atoms with Crippen molar-refractivity contribution in [1.29, 1.82) is 0 Å². The van der Waals surface area contributed by atoms with Crippen LogP contribution in [0.5, 0.6) is 5.75 Å². The Bertz CT molecular complexity index is 738. The molecular weight excluding hydrogens is 306 g/mol. The summed E-state index contributed by atoms with van der Waals surface area (Å²) in [6, 6.07) is 10.5. The molecule has 0 saturated heterocycles. The van der Waals surface area contributed by atoms with Crippen LogP contribution in [0, 0.1) is 0 Å². The third-order valence-electron chi connectivity index (χ3n) is 3.33. The van der Waals surface area contributed by atoms with Gasteiger partial charge < -0.3 is 15.4 Å². The van der Waals surface area contributed by atoms with Gasteiger partial charge in [0.05, 0.1) is 0 Å². The second-order valence-corrected chi connectivity index (χ2v) is 5.25. The molecule has 0 unspecified atom stereocenters. The summed E-state index contributed by atoms with van der Waals surface area (Å²) in [5.74, 6) is -0.194. The predicted octanol–water partition coefficient (Wildman–Crippen LogP) is 2.35. The Hall–Kier alpha value is -2.60. The number of pyridine rings is 1. The second-order valence-electron chi connectivity index (χ2n) is 4.86. The smallest absolute Gasteiger partial charge is 0.409 e. The van der Waals surface area contributed by atoms with Gasteiger partial charge in [0.25, 0.3) is 5.91 Å². The van der Waals surface area contributed by atoms with E-state index in [1.54, 1.807) is 4.90 Å². The van der Waals surface area contributed by atoms with Gasteiger partial charge >= 0.3 is 6.09 Å². The van der Waals surface area contributed by atoms with Crippen molar-refractivity contribution in [3.63, 3.8) is 0 Å². The third kappa shape index (κ3) is 2.87. The number of aromatic nitrogens is 1. The number of nitrogens with zero attached hydrogens (tertiary/aromatic N) is 2. The molecule has 112 valence electrons. The van der Waals surface area contributed by atoms with Gasteiger partial charge in [-0.3, -0.25) is 4.79 Å². The molecule has 3 rings (SSSR count). The summed E-state index contributed by atoms with van der Waals surface area (Å²) in [5.41, 5.74) is 7.27. The Morgan fingerprint density at radius 2 is 1.82 bits per heavy atom. The molecule has 2 N–H and O–H groups in total. The van der Waals surface area contributed by atoms with E-state index in [9.17, 15) is 9.59 Å². The molecule has 0 saturated carbocycles. The summed E-state index contributed by atoms with van der Waals surface area (Å²) in [7, 11) is 0. The number of halogens is 1. The second kappa shape index (κ2) is 5.65. The van der Waals surface area contributed by atoms with E-state index in [4.69, 9.17) is 22.1 Å². The highest BCUT2D eigenvalue weighted by Crippen LogP contribution is 2.25. The minimum Gasteiger partial charge on any atom is -0.410 e. The van der Waals surface area contributed by atoms with E-state index in [-0.39, 0.29) is 22.5 Å². The highest BCUT2D eigenvalue weighted by atomic mass is 35.5. The number of benzene rings is 1. The molecule has 22 heavy (non-hydrogen) atoms. The Morgan fingerprint density at radius 3 is 2.41 bits per heavy atom. The van der Waals surface area contributed by atoms with E-state index in [0.717, 1.165) is 11.1 Å². The first-order valence-corrected chi connectivity index (χ1v) is 6.91. The number of amides is 2. The quantitative estimate of drug-likeness (QED) is 0.861. The highest BCUT2D eigenvalue weighted by Gasteiger charge is 2.25. The van der Waals surface area contributed by atoms with Crippen molar-refractivity contribution in [3.05, 3.63) is 58.4 Å². The van der Waals surface area contributed by atoms with Crippen LogP contribution in [0.3, 0.4) is 0 Å². The molecule has 2 heterocycles. The zero-order valence-corrected chi connectivity index (χ0v) is 12.2. The van der Waals surface area contributed by atoms with Crippen molar-refractivity contribution >= 4 is 23.6 Å². The van der Waals surface area contributed by atoms with E-state index in [1.165, 1.54) is 12.1 Å². The number of ether oxygens (including phenoxy) is 1. The summed E-state index contributed by atoms with van der Waals surface area (Å²) in [6.07, 6.45) is -0.978. The molecule has 0 fully saturated rings. The van der Waals surface area contributed by atoms with Gasteiger partial charge in [0, 0.05) is 25.2 Å². The molecule has 1 aromatic carbocycles. The topological polar surface area (TPSA) is 85.5 Å². The van der Waals surface area contributed by atoms with E-state index >= 15 is 0 Å². The maximum Gasteiger partial charge on any atom is 0.409 e. The molecule has 2 aromatic rings. The van der Waals surface area contributed by atoms with Crippen molar-refractivity contribution in [2.75, 3.05) is 0 Å². The monoisotopic (exact) mass is 317 g/mol. The molecular formula is C15H12ClN3O3. The Labute approximate surface area is 131 Å². The first-order chi connectivity index (χ1) is 10.5. The minimum absolute atomic E-state index is 0.0545. The number of carbonyl (C=O) groups is 2. The summed E-state index contributed by atoms with van der Waals surface area (Å²) < 4.78 is 4.75. The maximum atomic E-state index is 12.5. The fourth-order valence-corrected chi connectivity index (χ4v) is 2.60. The van der Waals surface area contributed by atoms with E-state index in [2.05, 4.69) is 4.98 Å². The van der Waals surface area contributed by atoms with Gasteiger partial charge in [-0.05, 0) is 11.1 Å². The normalized spacial score (nSPS) is 12.9. The molecule has 1 aliphatic rings. The van der Waals surface area contributed by atoms with Crippen LogP contribution in [0.2, 0.25) is 5.15 Å². The summed E-state index contributed by atoms with van der Waals surface area (Å²) in [4.78, 5) is 29.0. The molecule has 1 aromatic heterocycles. The molecule has 7 heteroatoms. The molecule has 0 bridgehead atoms. The van der Waals surface area contributed by atoms with Crippen LogP contribution in [0.25, 0.3) is 0 Å². The highest BCUT2D eigenvalue weighted by molar-refractivity contribution is 6.29. The average Bonchev–Trinajstić information content (AvgIpc) is 2.88. The van der Waals surface area contributed by atoms with Gasteiger partial charge in [-0.25, -0.2) is 9.78 Å². The SMILES string of the molecule is NC(=O)Oc1cc(Cl)nc(C(=O)N2Cc3ccccc3C2)c1. The first-order valence-electron chi connectivity index (χ1n) is 6.54. The lowest BCUT2D eigenvalue weighted by Crippen LogP contribution is -2.26. The summed E-state index contributed by atoms with van der Waals surface area (Å²) in [5, 5.41) is 0.0545. The van der Waals surface area contributed by atoms with Crippen molar-refractivity contribution in [2.45, 2.75) is 13.1 Å². The lowest BCUT2D eigenvalue weighted by Gasteiger charge is -2.15. The zero-order valence-electron chi connectivity index (χ0n) is 11.5. The van der Waals surface area contributed by atoms with Crippen molar-refractivity contribution in [1.82, 2.24) is 9.88 Å². The van der Waals surface area contributed by atoms with Crippen molar-refractivity contribution in [2.24, 2.45) is 5.73 Å². The number of rotatable bonds is 2. The number of fused-ring (bicyclic) bond motifs is 1. The van der Waals surface area contributed by atoms with Crippen LogP contribution in [0.4, 0.5) is 4.79 Å². The number of nitrogens with two attached hydrogens (primary N) is 1. The molecule has 2 amide bonds. The molecule has 1 aliphatic heterocycles. The van der Waals surface area contributed by atoms with Gasteiger partial charge in [0.1, 0.15) is 16.6 Å². The summed E-state index contributed by atoms with van der Waals surface area (Å²) in [6.45, 7) is 1.02. The lowest BCUT2D eigenvalue weighted by molar-refractivity contribution is 0.0745. The van der Waals surface area contributed by atoms with Crippen LogP contribution in [-0.2, 0) is 13.1 Å². The number of primary amides is 1. The van der Waals surface area contributed by atoms with Gasteiger partial charge in [0.15, 0.2) is 0 Å². The van der Waals surface area contributed by atoms with Crippen LogP contribution in [0.15, 0.2) is 36.4 Å². The Morgan fingerprint density at radius 1 is 1.18 bits per heavy atom. The predicted molar refractivity (Wildman–Crippen MR) is 79.5 cm³/mol. The van der Waals surface area contributed by atoms with Crippen LogP contribution < -0.4 is 10.5 Å².